The van der Waals surface area contributed by atoms with Gasteiger partial charge in [0.25, 0.3) is 0 Å². The van der Waals surface area contributed by atoms with Crippen molar-refractivity contribution in [1.29, 1.82) is 0 Å². The van der Waals surface area contributed by atoms with E-state index >= 15 is 0 Å². The van der Waals surface area contributed by atoms with Crippen LogP contribution in [-0.2, 0) is 14.3 Å². The molecule has 3 heteroatoms. The van der Waals surface area contributed by atoms with Gasteiger partial charge in [-0.15, -0.1) is 0 Å². The van der Waals surface area contributed by atoms with E-state index in [9.17, 15) is 9.59 Å². The van der Waals surface area contributed by atoms with Crippen molar-refractivity contribution in [3.8, 4) is 0 Å². The maximum atomic E-state index is 11.1. The second-order valence-electron chi connectivity index (χ2n) is 4.53. The maximum Gasteiger partial charge on any atom is 0.317 e. The van der Waals surface area contributed by atoms with E-state index in [0.717, 1.165) is 12.8 Å². The standard InChI is InChI=1S/C9H12O3/c1-9(2)3-5-6(4-9)8(11)12-7(5)10/h5-6H,3-4H2,1-2H3. The van der Waals surface area contributed by atoms with E-state index in [1.165, 1.54) is 0 Å². The summed E-state index contributed by atoms with van der Waals surface area (Å²) in [6, 6.07) is 0. The number of hydrogen-bond acceptors (Lipinski definition) is 3. The van der Waals surface area contributed by atoms with Crippen LogP contribution in [0.1, 0.15) is 26.7 Å². The molecule has 2 unspecified atom stereocenters. The smallest absolute Gasteiger partial charge is 0.317 e. The summed E-state index contributed by atoms with van der Waals surface area (Å²) in [7, 11) is 0. The molecule has 2 rings (SSSR count). The van der Waals surface area contributed by atoms with Crippen LogP contribution in [0, 0.1) is 17.3 Å². The molecule has 1 saturated carbocycles. The molecule has 2 atom stereocenters. The highest BCUT2D eigenvalue weighted by Gasteiger charge is 2.53. The molecule has 3 nitrogen and oxygen atoms in total. The van der Waals surface area contributed by atoms with E-state index < -0.39 is 0 Å². The third kappa shape index (κ3) is 0.958. The Labute approximate surface area is 71.1 Å². The fourth-order valence-corrected chi connectivity index (χ4v) is 2.30. The van der Waals surface area contributed by atoms with E-state index in [2.05, 4.69) is 18.6 Å². The minimum absolute atomic E-state index is 0.129. The summed E-state index contributed by atoms with van der Waals surface area (Å²) >= 11 is 0. The molecule has 1 aliphatic carbocycles. The molecule has 0 aromatic heterocycles. The molecular weight excluding hydrogens is 156 g/mol. The molecule has 0 amide bonds. The van der Waals surface area contributed by atoms with Crippen molar-refractivity contribution >= 4 is 11.9 Å². The Balaban J connectivity index is 2.26. The fourth-order valence-electron chi connectivity index (χ4n) is 2.30. The van der Waals surface area contributed by atoms with Crippen LogP contribution in [0.25, 0.3) is 0 Å². The zero-order valence-corrected chi connectivity index (χ0v) is 7.29. The predicted molar refractivity (Wildman–Crippen MR) is 41.1 cm³/mol. The highest BCUT2D eigenvalue weighted by molar-refractivity contribution is 5.97. The van der Waals surface area contributed by atoms with Gasteiger partial charge in [-0.25, -0.2) is 0 Å². The van der Waals surface area contributed by atoms with Crippen LogP contribution in [0.4, 0.5) is 0 Å². The Morgan fingerprint density at radius 3 is 2.00 bits per heavy atom. The predicted octanol–water partition coefficient (Wildman–Crippen LogP) is 1.12. The second-order valence-corrected chi connectivity index (χ2v) is 4.53. The molecule has 2 aliphatic rings. The molecule has 0 aromatic carbocycles. The van der Waals surface area contributed by atoms with Crippen LogP contribution in [0.5, 0.6) is 0 Å². The van der Waals surface area contributed by atoms with E-state index in [1.807, 2.05) is 0 Å². The first-order valence-electron chi connectivity index (χ1n) is 4.25. The minimum atomic E-state index is -0.310. The van der Waals surface area contributed by atoms with Gasteiger partial charge in [0.1, 0.15) is 0 Å². The Morgan fingerprint density at radius 2 is 1.58 bits per heavy atom. The highest BCUT2D eigenvalue weighted by Crippen LogP contribution is 2.48. The van der Waals surface area contributed by atoms with Crippen LogP contribution in [-0.4, -0.2) is 11.9 Å². The summed E-state index contributed by atoms with van der Waals surface area (Å²) < 4.78 is 4.54. The lowest BCUT2D eigenvalue weighted by atomic mass is 9.90. The van der Waals surface area contributed by atoms with Gasteiger partial charge in [-0.1, -0.05) is 13.8 Å². The first kappa shape index (κ1) is 7.77. The first-order valence-corrected chi connectivity index (χ1v) is 4.25. The van der Waals surface area contributed by atoms with Crippen LogP contribution >= 0.6 is 0 Å². The number of fused-ring (bicyclic) bond motifs is 1. The van der Waals surface area contributed by atoms with Crippen LogP contribution in [0.2, 0.25) is 0 Å². The molecule has 2 fully saturated rings. The van der Waals surface area contributed by atoms with E-state index in [4.69, 9.17) is 0 Å². The van der Waals surface area contributed by atoms with E-state index in [1.54, 1.807) is 0 Å². The Hall–Kier alpha value is -0.860. The van der Waals surface area contributed by atoms with Crippen molar-refractivity contribution in [3.05, 3.63) is 0 Å². The quantitative estimate of drug-likeness (QED) is 0.402. The van der Waals surface area contributed by atoms with Gasteiger partial charge in [0.15, 0.2) is 0 Å². The Bertz CT molecular complexity index is 230. The normalized spacial score (nSPS) is 38.2. The fraction of sp³-hybridized carbons (Fsp3) is 0.778. The van der Waals surface area contributed by atoms with E-state index in [-0.39, 0.29) is 29.2 Å². The lowest BCUT2D eigenvalue weighted by Crippen LogP contribution is -2.12. The molecule has 0 N–H and O–H groups in total. The third-order valence-electron chi connectivity index (χ3n) is 2.84. The number of rotatable bonds is 0. The number of hydrogen-bond donors (Lipinski definition) is 0. The summed E-state index contributed by atoms with van der Waals surface area (Å²) in [5.41, 5.74) is 0.129. The van der Waals surface area contributed by atoms with Gasteiger partial charge in [0, 0.05) is 0 Å². The summed E-state index contributed by atoms with van der Waals surface area (Å²) in [6.45, 7) is 4.18. The largest absolute Gasteiger partial charge is 0.393 e. The van der Waals surface area contributed by atoms with Crippen molar-refractivity contribution in [3.63, 3.8) is 0 Å². The number of ether oxygens (including phenoxy) is 1. The van der Waals surface area contributed by atoms with Gasteiger partial charge in [-0.3, -0.25) is 9.59 Å². The molecule has 0 spiro atoms. The monoisotopic (exact) mass is 168 g/mol. The number of carbonyl (C=O) groups excluding carboxylic acids is 2. The van der Waals surface area contributed by atoms with Crippen molar-refractivity contribution < 1.29 is 14.3 Å². The summed E-state index contributed by atoms with van der Waals surface area (Å²) in [5.74, 6) is -0.911. The molecule has 0 radical (unpaired) electrons. The zero-order chi connectivity index (χ0) is 8.93. The molecule has 0 aromatic rings. The van der Waals surface area contributed by atoms with Crippen molar-refractivity contribution in [2.24, 2.45) is 17.3 Å². The van der Waals surface area contributed by atoms with Crippen molar-refractivity contribution in [2.75, 3.05) is 0 Å². The summed E-state index contributed by atoms with van der Waals surface area (Å²) in [6.07, 6.45) is 1.59. The first-order chi connectivity index (χ1) is 5.49. The number of carbonyl (C=O) groups is 2. The lowest BCUT2D eigenvalue weighted by molar-refractivity contribution is -0.154. The molecule has 1 aliphatic heterocycles. The molecule has 66 valence electrons. The summed E-state index contributed by atoms with van der Waals surface area (Å²) in [4.78, 5) is 22.2. The van der Waals surface area contributed by atoms with Gasteiger partial charge >= 0.3 is 11.9 Å². The Kier molecular flexibility index (Phi) is 1.35. The molecule has 12 heavy (non-hydrogen) atoms. The minimum Gasteiger partial charge on any atom is -0.393 e. The highest BCUT2D eigenvalue weighted by atomic mass is 16.6. The topological polar surface area (TPSA) is 43.4 Å². The zero-order valence-electron chi connectivity index (χ0n) is 7.29. The molecule has 1 heterocycles. The van der Waals surface area contributed by atoms with Gasteiger partial charge in [0.2, 0.25) is 0 Å². The van der Waals surface area contributed by atoms with Crippen LogP contribution in [0.3, 0.4) is 0 Å². The lowest BCUT2D eigenvalue weighted by Gasteiger charge is -2.16. The second kappa shape index (κ2) is 2.09. The maximum absolute atomic E-state index is 11.1. The van der Waals surface area contributed by atoms with Gasteiger partial charge in [-0.2, -0.15) is 0 Å². The van der Waals surface area contributed by atoms with Gasteiger partial charge in [-0.05, 0) is 18.3 Å². The van der Waals surface area contributed by atoms with Crippen LogP contribution < -0.4 is 0 Å². The SMILES string of the molecule is CC1(C)CC2C(=O)OC(=O)C2C1. The number of esters is 2. The molecule has 0 bridgehead atoms. The number of cyclic esters (lactones) is 2. The van der Waals surface area contributed by atoms with Gasteiger partial charge < -0.3 is 4.74 Å². The average molecular weight is 168 g/mol. The van der Waals surface area contributed by atoms with Gasteiger partial charge in [0.05, 0.1) is 11.8 Å². The van der Waals surface area contributed by atoms with Crippen LogP contribution in [0.15, 0.2) is 0 Å². The molecular formula is C9H12O3. The summed E-state index contributed by atoms with van der Waals surface area (Å²) in [5, 5.41) is 0. The molecule has 1 saturated heterocycles. The van der Waals surface area contributed by atoms with Crippen molar-refractivity contribution in [1.82, 2.24) is 0 Å². The van der Waals surface area contributed by atoms with Crippen molar-refractivity contribution in [2.45, 2.75) is 26.7 Å². The van der Waals surface area contributed by atoms with E-state index in [0.29, 0.717) is 0 Å². The average Bonchev–Trinajstić information content (AvgIpc) is 2.34. The Morgan fingerprint density at radius 1 is 1.17 bits per heavy atom. The third-order valence-corrected chi connectivity index (χ3v) is 2.84.